The standard InChI is InChI=1S/C18H22N2O5/c1-4-7-11(2)19-15(21)10-25-18(24)12(3)20-16(22)13-8-5-6-9-14(13)17(20)23/h5-6,8-9,11-12H,4,7,10H2,1-3H3,(H,19,21)/t11-,12-/m1/s1. The highest BCUT2D eigenvalue weighted by Gasteiger charge is 2.41. The Morgan fingerprint density at radius 1 is 1.12 bits per heavy atom. The molecule has 0 unspecified atom stereocenters. The molecule has 0 saturated carbocycles. The van der Waals surface area contributed by atoms with Crippen molar-refractivity contribution in [1.29, 1.82) is 0 Å². The van der Waals surface area contributed by atoms with Crippen molar-refractivity contribution >= 4 is 23.7 Å². The zero-order chi connectivity index (χ0) is 18.6. The molecule has 0 saturated heterocycles. The van der Waals surface area contributed by atoms with E-state index in [0.717, 1.165) is 17.7 Å². The maximum atomic E-state index is 12.3. The Balaban J connectivity index is 1.94. The van der Waals surface area contributed by atoms with Gasteiger partial charge in [-0.3, -0.25) is 19.3 Å². The Morgan fingerprint density at radius 3 is 2.20 bits per heavy atom. The zero-order valence-corrected chi connectivity index (χ0v) is 14.6. The molecule has 1 aliphatic rings. The molecule has 0 fully saturated rings. The lowest BCUT2D eigenvalue weighted by Gasteiger charge is -2.21. The third kappa shape index (κ3) is 4.04. The Kier molecular flexibility index (Phi) is 5.90. The van der Waals surface area contributed by atoms with Crippen LogP contribution in [0.3, 0.4) is 0 Å². The molecule has 0 aromatic heterocycles. The normalized spacial score (nSPS) is 15.6. The zero-order valence-electron chi connectivity index (χ0n) is 14.6. The maximum absolute atomic E-state index is 12.3. The Bertz CT molecular complexity index is 665. The SMILES string of the molecule is CCC[C@@H](C)NC(=O)COC(=O)[C@@H](C)N1C(=O)c2ccccc2C1=O. The van der Waals surface area contributed by atoms with Gasteiger partial charge >= 0.3 is 5.97 Å². The quantitative estimate of drug-likeness (QED) is 0.597. The Morgan fingerprint density at radius 2 is 1.68 bits per heavy atom. The lowest BCUT2D eigenvalue weighted by molar-refractivity contribution is -0.152. The van der Waals surface area contributed by atoms with Crippen molar-refractivity contribution in [3.63, 3.8) is 0 Å². The summed E-state index contributed by atoms with van der Waals surface area (Å²) in [7, 11) is 0. The Hall–Kier alpha value is -2.70. The van der Waals surface area contributed by atoms with Gasteiger partial charge in [-0.1, -0.05) is 25.5 Å². The largest absolute Gasteiger partial charge is 0.454 e. The molecule has 0 aliphatic carbocycles. The van der Waals surface area contributed by atoms with E-state index in [-0.39, 0.29) is 17.2 Å². The monoisotopic (exact) mass is 346 g/mol. The summed E-state index contributed by atoms with van der Waals surface area (Å²) in [5, 5.41) is 2.71. The second kappa shape index (κ2) is 7.92. The van der Waals surface area contributed by atoms with Gasteiger partial charge in [0.2, 0.25) is 0 Å². The molecule has 2 atom stereocenters. The fourth-order valence-electron chi connectivity index (χ4n) is 2.74. The van der Waals surface area contributed by atoms with Crippen LogP contribution in [-0.2, 0) is 14.3 Å². The molecular weight excluding hydrogens is 324 g/mol. The molecule has 1 N–H and O–H groups in total. The first kappa shape index (κ1) is 18.6. The van der Waals surface area contributed by atoms with Crippen LogP contribution < -0.4 is 5.32 Å². The molecular formula is C18H22N2O5. The predicted octanol–water partition coefficient (Wildman–Crippen LogP) is 1.52. The third-order valence-corrected chi connectivity index (χ3v) is 4.03. The number of amides is 3. The number of hydrogen-bond donors (Lipinski definition) is 1. The number of nitrogens with zero attached hydrogens (tertiary/aromatic N) is 1. The number of hydrogen-bond acceptors (Lipinski definition) is 5. The van der Waals surface area contributed by atoms with Crippen molar-refractivity contribution in [2.75, 3.05) is 6.61 Å². The maximum Gasteiger partial charge on any atom is 0.329 e. The topological polar surface area (TPSA) is 92.8 Å². The van der Waals surface area contributed by atoms with Crippen LogP contribution in [0.1, 0.15) is 54.3 Å². The van der Waals surface area contributed by atoms with Crippen LogP contribution in [0.15, 0.2) is 24.3 Å². The van der Waals surface area contributed by atoms with Gasteiger partial charge in [0.15, 0.2) is 6.61 Å². The van der Waals surface area contributed by atoms with Gasteiger partial charge in [-0.05, 0) is 32.4 Å². The van der Waals surface area contributed by atoms with Crippen molar-refractivity contribution in [3.8, 4) is 0 Å². The van der Waals surface area contributed by atoms with Gasteiger partial charge in [-0.15, -0.1) is 0 Å². The van der Waals surface area contributed by atoms with Gasteiger partial charge < -0.3 is 10.1 Å². The molecule has 134 valence electrons. The average molecular weight is 346 g/mol. The van der Waals surface area contributed by atoms with Gasteiger partial charge in [0.25, 0.3) is 17.7 Å². The van der Waals surface area contributed by atoms with E-state index >= 15 is 0 Å². The number of esters is 1. The minimum atomic E-state index is -1.10. The fraction of sp³-hybridized carbons (Fsp3) is 0.444. The number of nitrogens with one attached hydrogen (secondary N) is 1. The number of ether oxygens (including phenoxy) is 1. The first-order valence-corrected chi connectivity index (χ1v) is 8.29. The lowest BCUT2D eigenvalue weighted by Crippen LogP contribution is -2.45. The lowest BCUT2D eigenvalue weighted by atomic mass is 10.1. The number of benzene rings is 1. The van der Waals surface area contributed by atoms with Crippen LogP contribution in [-0.4, -0.2) is 47.3 Å². The number of carbonyl (C=O) groups excluding carboxylic acids is 4. The average Bonchev–Trinajstić information content (AvgIpc) is 2.84. The van der Waals surface area contributed by atoms with E-state index in [4.69, 9.17) is 4.74 Å². The second-order valence-electron chi connectivity index (χ2n) is 6.07. The van der Waals surface area contributed by atoms with Gasteiger partial charge in [-0.2, -0.15) is 0 Å². The highest BCUT2D eigenvalue weighted by Crippen LogP contribution is 2.24. The highest BCUT2D eigenvalue weighted by atomic mass is 16.5. The summed E-state index contributed by atoms with van der Waals surface area (Å²) in [6, 6.07) is 5.27. The molecule has 1 aliphatic heterocycles. The minimum absolute atomic E-state index is 0.00939. The predicted molar refractivity (Wildman–Crippen MR) is 89.9 cm³/mol. The van der Waals surface area contributed by atoms with E-state index in [9.17, 15) is 19.2 Å². The van der Waals surface area contributed by atoms with Crippen LogP contribution in [0.5, 0.6) is 0 Å². The van der Waals surface area contributed by atoms with E-state index in [1.54, 1.807) is 12.1 Å². The summed E-state index contributed by atoms with van der Waals surface area (Å²) in [5.74, 6) is -2.28. The molecule has 0 spiro atoms. The van der Waals surface area contributed by atoms with Crippen molar-refractivity contribution in [3.05, 3.63) is 35.4 Å². The van der Waals surface area contributed by atoms with Crippen LogP contribution >= 0.6 is 0 Å². The smallest absolute Gasteiger partial charge is 0.329 e. The van der Waals surface area contributed by atoms with Crippen LogP contribution in [0, 0.1) is 0 Å². The van der Waals surface area contributed by atoms with Crippen molar-refractivity contribution < 1.29 is 23.9 Å². The van der Waals surface area contributed by atoms with Gasteiger partial charge in [-0.25, -0.2) is 4.79 Å². The number of carbonyl (C=O) groups is 4. The van der Waals surface area contributed by atoms with Crippen LogP contribution in [0.2, 0.25) is 0 Å². The van der Waals surface area contributed by atoms with Crippen LogP contribution in [0.25, 0.3) is 0 Å². The summed E-state index contributed by atoms with van der Waals surface area (Å²) in [6.45, 7) is 4.83. The number of rotatable bonds is 7. The summed E-state index contributed by atoms with van der Waals surface area (Å²) in [5.41, 5.74) is 0.525. The van der Waals surface area contributed by atoms with E-state index in [1.165, 1.54) is 19.1 Å². The molecule has 7 nitrogen and oxygen atoms in total. The summed E-state index contributed by atoms with van der Waals surface area (Å²) < 4.78 is 4.96. The molecule has 25 heavy (non-hydrogen) atoms. The second-order valence-corrected chi connectivity index (χ2v) is 6.07. The molecule has 0 bridgehead atoms. The van der Waals surface area contributed by atoms with Gasteiger partial charge in [0.1, 0.15) is 6.04 Å². The molecule has 1 heterocycles. The van der Waals surface area contributed by atoms with E-state index in [2.05, 4.69) is 5.32 Å². The molecule has 3 amide bonds. The minimum Gasteiger partial charge on any atom is -0.454 e. The number of fused-ring (bicyclic) bond motifs is 1. The van der Waals surface area contributed by atoms with Crippen LogP contribution in [0.4, 0.5) is 0 Å². The highest BCUT2D eigenvalue weighted by molar-refractivity contribution is 6.22. The van der Waals surface area contributed by atoms with Crippen molar-refractivity contribution in [1.82, 2.24) is 10.2 Å². The molecule has 0 radical (unpaired) electrons. The third-order valence-electron chi connectivity index (χ3n) is 4.03. The van der Waals surface area contributed by atoms with E-state index in [0.29, 0.717) is 0 Å². The molecule has 1 aromatic carbocycles. The van der Waals surface area contributed by atoms with Gasteiger partial charge in [0.05, 0.1) is 11.1 Å². The van der Waals surface area contributed by atoms with E-state index < -0.39 is 36.3 Å². The van der Waals surface area contributed by atoms with E-state index in [1.807, 2.05) is 13.8 Å². The number of imide groups is 1. The first-order chi connectivity index (χ1) is 11.9. The molecule has 1 aromatic rings. The van der Waals surface area contributed by atoms with Crippen molar-refractivity contribution in [2.45, 2.75) is 45.7 Å². The van der Waals surface area contributed by atoms with Gasteiger partial charge in [0, 0.05) is 6.04 Å². The van der Waals surface area contributed by atoms with Crippen molar-refractivity contribution in [2.24, 2.45) is 0 Å². The summed E-state index contributed by atoms with van der Waals surface area (Å²) in [6.07, 6.45) is 1.75. The first-order valence-electron chi connectivity index (χ1n) is 8.29. The summed E-state index contributed by atoms with van der Waals surface area (Å²) in [4.78, 5) is 49.4. The molecule has 2 rings (SSSR count). The Labute approximate surface area is 146 Å². The fourth-order valence-corrected chi connectivity index (χ4v) is 2.74. The summed E-state index contributed by atoms with van der Waals surface area (Å²) >= 11 is 0. The molecule has 7 heteroatoms.